The van der Waals surface area contributed by atoms with Crippen molar-refractivity contribution in [2.75, 3.05) is 0 Å². The topological polar surface area (TPSA) is 71.4 Å². The summed E-state index contributed by atoms with van der Waals surface area (Å²) < 4.78 is 0. The van der Waals surface area contributed by atoms with Gasteiger partial charge >= 0.3 is 5.97 Å². The molecule has 0 saturated heterocycles. The highest BCUT2D eigenvalue weighted by Crippen LogP contribution is 2.08. The molecule has 0 heterocycles. The van der Waals surface area contributed by atoms with Crippen LogP contribution in [-0.4, -0.2) is 22.6 Å². The van der Waals surface area contributed by atoms with Gasteiger partial charge < -0.3 is 5.11 Å². The van der Waals surface area contributed by atoms with Crippen LogP contribution in [0.1, 0.15) is 12.5 Å². The minimum absolute atomic E-state index is 0.321. The normalized spacial score (nSPS) is 10.9. The van der Waals surface area contributed by atoms with Gasteiger partial charge in [-0.2, -0.15) is 0 Å². The van der Waals surface area contributed by atoms with E-state index in [1.165, 1.54) is 6.08 Å². The number of hydrogen-bond donors (Lipinski definition) is 1. The molecule has 4 heteroatoms. The van der Waals surface area contributed by atoms with Gasteiger partial charge in [0.05, 0.1) is 5.57 Å². The molecule has 1 aromatic carbocycles. The predicted molar refractivity (Wildman–Crippen MR) is 57.7 cm³/mol. The van der Waals surface area contributed by atoms with Crippen LogP contribution in [0.25, 0.3) is 6.08 Å². The molecular weight excluding hydrogens is 208 g/mol. The molecule has 0 aliphatic rings. The number of carbonyl (C=O) groups excluding carboxylic acids is 2. The summed E-state index contributed by atoms with van der Waals surface area (Å²) in [7, 11) is 0. The van der Waals surface area contributed by atoms with E-state index in [0.29, 0.717) is 5.56 Å². The third kappa shape index (κ3) is 2.88. The third-order valence-electron chi connectivity index (χ3n) is 1.93. The molecule has 0 radical (unpaired) electrons. The molecule has 0 aromatic heterocycles. The Morgan fingerprint density at radius 2 is 1.69 bits per heavy atom. The van der Waals surface area contributed by atoms with Gasteiger partial charge in [-0.05, 0) is 18.6 Å². The van der Waals surface area contributed by atoms with Crippen LogP contribution >= 0.6 is 0 Å². The van der Waals surface area contributed by atoms with Crippen LogP contribution in [-0.2, 0) is 14.4 Å². The van der Waals surface area contributed by atoms with Crippen LogP contribution in [0.2, 0.25) is 0 Å². The van der Waals surface area contributed by atoms with Crippen LogP contribution < -0.4 is 0 Å². The summed E-state index contributed by atoms with van der Waals surface area (Å²) in [5.41, 5.74) is 0.293. The maximum atomic E-state index is 11.2. The SMILES string of the molecule is CC(=O)C(=Cc1ccccc1)C(=O)C(=O)O. The van der Waals surface area contributed by atoms with Crippen molar-refractivity contribution in [1.29, 1.82) is 0 Å². The van der Waals surface area contributed by atoms with Gasteiger partial charge in [-0.15, -0.1) is 0 Å². The standard InChI is InChI=1S/C12H10O4/c1-8(13)10(11(14)12(15)16)7-9-5-3-2-4-6-9/h2-7H,1H3,(H,15,16). The van der Waals surface area contributed by atoms with E-state index in [0.717, 1.165) is 6.92 Å². The van der Waals surface area contributed by atoms with Gasteiger partial charge in [0.15, 0.2) is 5.78 Å². The highest BCUT2D eigenvalue weighted by Gasteiger charge is 2.21. The second kappa shape index (κ2) is 5.02. The van der Waals surface area contributed by atoms with Crippen LogP contribution in [0.3, 0.4) is 0 Å². The number of ketones is 2. The van der Waals surface area contributed by atoms with E-state index in [-0.39, 0.29) is 5.57 Å². The summed E-state index contributed by atoms with van der Waals surface area (Å²) in [6.07, 6.45) is 1.28. The molecule has 0 amide bonds. The van der Waals surface area contributed by atoms with E-state index in [1.807, 2.05) is 0 Å². The molecule has 0 fully saturated rings. The third-order valence-corrected chi connectivity index (χ3v) is 1.93. The molecular formula is C12H10O4. The zero-order valence-corrected chi connectivity index (χ0v) is 8.64. The zero-order valence-electron chi connectivity index (χ0n) is 8.64. The van der Waals surface area contributed by atoms with E-state index < -0.39 is 17.5 Å². The van der Waals surface area contributed by atoms with Crippen LogP contribution in [0, 0.1) is 0 Å². The molecule has 0 atom stereocenters. The molecule has 0 aliphatic carbocycles. The highest BCUT2D eigenvalue weighted by atomic mass is 16.4. The predicted octanol–water partition coefficient (Wildman–Crippen LogP) is 1.31. The van der Waals surface area contributed by atoms with E-state index in [9.17, 15) is 14.4 Å². The minimum Gasteiger partial charge on any atom is -0.475 e. The number of carbonyl (C=O) groups is 3. The van der Waals surface area contributed by atoms with Crippen molar-refractivity contribution < 1.29 is 19.5 Å². The molecule has 1 aromatic rings. The largest absolute Gasteiger partial charge is 0.475 e. The van der Waals surface area contributed by atoms with Gasteiger partial charge in [-0.1, -0.05) is 30.3 Å². The van der Waals surface area contributed by atoms with Crippen molar-refractivity contribution in [3.8, 4) is 0 Å². The van der Waals surface area contributed by atoms with Crippen molar-refractivity contribution in [3.05, 3.63) is 41.5 Å². The number of carboxylic acids is 1. The van der Waals surface area contributed by atoms with Crippen molar-refractivity contribution in [3.63, 3.8) is 0 Å². The fraction of sp³-hybridized carbons (Fsp3) is 0.0833. The van der Waals surface area contributed by atoms with Crippen molar-refractivity contribution >= 4 is 23.6 Å². The smallest absolute Gasteiger partial charge is 0.377 e. The van der Waals surface area contributed by atoms with Gasteiger partial charge in [0, 0.05) is 0 Å². The Hall–Kier alpha value is -2.23. The Labute approximate surface area is 92.2 Å². The lowest BCUT2D eigenvalue weighted by molar-refractivity contribution is -0.147. The summed E-state index contributed by atoms with van der Waals surface area (Å²) >= 11 is 0. The minimum atomic E-state index is -1.63. The monoisotopic (exact) mass is 218 g/mol. The molecule has 0 aliphatic heterocycles. The average molecular weight is 218 g/mol. The molecule has 0 bridgehead atoms. The summed E-state index contributed by atoms with van der Waals surface area (Å²) in [5.74, 6) is -3.37. The fourth-order valence-electron chi connectivity index (χ4n) is 1.16. The molecule has 1 rings (SSSR count). The highest BCUT2D eigenvalue weighted by molar-refractivity contribution is 6.47. The van der Waals surface area contributed by atoms with Crippen molar-refractivity contribution in [2.45, 2.75) is 6.92 Å². The van der Waals surface area contributed by atoms with Gasteiger partial charge in [-0.3, -0.25) is 9.59 Å². The van der Waals surface area contributed by atoms with Gasteiger partial charge in [0.2, 0.25) is 0 Å². The first-order valence-electron chi connectivity index (χ1n) is 4.57. The zero-order chi connectivity index (χ0) is 12.1. The molecule has 0 unspecified atom stereocenters. The molecule has 16 heavy (non-hydrogen) atoms. The summed E-state index contributed by atoms with van der Waals surface area (Å²) in [6.45, 7) is 1.16. The quantitative estimate of drug-likeness (QED) is 0.358. The second-order valence-electron chi connectivity index (χ2n) is 3.16. The first-order chi connectivity index (χ1) is 7.52. The van der Waals surface area contributed by atoms with Crippen LogP contribution in [0.15, 0.2) is 35.9 Å². The summed E-state index contributed by atoms with van der Waals surface area (Å²) in [6, 6.07) is 8.60. The van der Waals surface area contributed by atoms with E-state index in [4.69, 9.17) is 5.11 Å². The second-order valence-corrected chi connectivity index (χ2v) is 3.16. The molecule has 82 valence electrons. The first kappa shape index (κ1) is 11.8. The first-order valence-corrected chi connectivity index (χ1v) is 4.57. The van der Waals surface area contributed by atoms with Gasteiger partial charge in [0.1, 0.15) is 0 Å². The van der Waals surface area contributed by atoms with Crippen molar-refractivity contribution in [2.24, 2.45) is 0 Å². The fourth-order valence-corrected chi connectivity index (χ4v) is 1.16. The Kier molecular flexibility index (Phi) is 3.72. The molecule has 0 spiro atoms. The summed E-state index contributed by atoms with van der Waals surface area (Å²) in [4.78, 5) is 32.8. The lowest BCUT2D eigenvalue weighted by atomic mass is 10.0. The Morgan fingerprint density at radius 3 is 2.12 bits per heavy atom. The average Bonchev–Trinajstić information content (AvgIpc) is 2.26. The van der Waals surface area contributed by atoms with Crippen LogP contribution in [0.4, 0.5) is 0 Å². The summed E-state index contributed by atoms with van der Waals surface area (Å²) in [5, 5.41) is 8.54. The molecule has 0 saturated carbocycles. The van der Waals surface area contributed by atoms with Crippen LogP contribution in [0.5, 0.6) is 0 Å². The Balaban J connectivity index is 3.14. The number of hydrogen-bond acceptors (Lipinski definition) is 3. The lowest BCUT2D eigenvalue weighted by Crippen LogP contribution is -2.19. The number of Topliss-reactive ketones (excluding diaryl/α,β-unsaturated/α-hetero) is 2. The van der Waals surface area contributed by atoms with E-state index in [2.05, 4.69) is 0 Å². The molecule has 4 nitrogen and oxygen atoms in total. The van der Waals surface area contributed by atoms with E-state index >= 15 is 0 Å². The lowest BCUT2D eigenvalue weighted by Gasteiger charge is -1.99. The van der Waals surface area contributed by atoms with Gasteiger partial charge in [0.25, 0.3) is 5.78 Å². The molecule has 1 N–H and O–H groups in total. The van der Waals surface area contributed by atoms with Crippen molar-refractivity contribution in [1.82, 2.24) is 0 Å². The number of carboxylic acid groups (broad SMARTS) is 1. The van der Waals surface area contributed by atoms with Gasteiger partial charge in [-0.25, -0.2) is 4.79 Å². The Bertz CT molecular complexity index is 457. The van der Waals surface area contributed by atoms with E-state index in [1.54, 1.807) is 30.3 Å². The maximum Gasteiger partial charge on any atom is 0.377 e. The number of rotatable bonds is 4. The number of aliphatic carboxylic acids is 1. The maximum absolute atomic E-state index is 11.2. The number of benzene rings is 1. The Morgan fingerprint density at radius 1 is 1.12 bits per heavy atom.